The molecule has 0 aliphatic carbocycles. The molecule has 0 spiro atoms. The minimum absolute atomic E-state index is 0.282. The summed E-state index contributed by atoms with van der Waals surface area (Å²) in [7, 11) is 1.50. The number of carbonyl (C=O) groups excluding carboxylic acids is 1. The fourth-order valence-electron chi connectivity index (χ4n) is 1.75. The molecule has 20 heavy (non-hydrogen) atoms. The molecule has 0 saturated heterocycles. The van der Waals surface area contributed by atoms with E-state index in [9.17, 15) is 9.59 Å². The number of pyridine rings is 1. The van der Waals surface area contributed by atoms with Gasteiger partial charge in [-0.25, -0.2) is 4.79 Å². The standard InChI is InChI=1S/C14H20BrNO4/c1-6-10(13(18)20-14(2,3)4)16-8-11(19-5)9(15)7-12(16)17/h7-8,10H,6H2,1-5H3. The highest BCUT2D eigenvalue weighted by Gasteiger charge is 2.26. The Kier molecular flexibility index (Phi) is 5.39. The largest absolute Gasteiger partial charge is 0.494 e. The Labute approximate surface area is 127 Å². The lowest BCUT2D eigenvalue weighted by molar-refractivity contribution is -0.159. The molecule has 0 aliphatic rings. The molecule has 0 bridgehead atoms. The summed E-state index contributed by atoms with van der Waals surface area (Å²) < 4.78 is 12.4. The third-order valence-corrected chi connectivity index (χ3v) is 3.24. The average Bonchev–Trinajstić information content (AvgIpc) is 2.30. The topological polar surface area (TPSA) is 57.5 Å². The molecule has 6 heteroatoms. The van der Waals surface area contributed by atoms with Crippen molar-refractivity contribution in [3.63, 3.8) is 0 Å². The van der Waals surface area contributed by atoms with Gasteiger partial charge in [0, 0.05) is 6.07 Å². The van der Waals surface area contributed by atoms with Gasteiger partial charge in [-0.15, -0.1) is 0 Å². The zero-order valence-corrected chi connectivity index (χ0v) is 14.0. The van der Waals surface area contributed by atoms with Crippen molar-refractivity contribution < 1.29 is 14.3 Å². The summed E-state index contributed by atoms with van der Waals surface area (Å²) in [6, 6.07) is 0.718. The van der Waals surface area contributed by atoms with Crippen molar-refractivity contribution in [2.45, 2.75) is 45.8 Å². The van der Waals surface area contributed by atoms with Crippen molar-refractivity contribution in [1.82, 2.24) is 4.57 Å². The second-order valence-electron chi connectivity index (χ2n) is 5.39. The monoisotopic (exact) mass is 345 g/mol. The van der Waals surface area contributed by atoms with E-state index in [4.69, 9.17) is 9.47 Å². The summed E-state index contributed by atoms with van der Waals surface area (Å²) in [5.74, 6) is 0.0677. The molecule has 5 nitrogen and oxygen atoms in total. The predicted molar refractivity (Wildman–Crippen MR) is 80.1 cm³/mol. The Hall–Kier alpha value is -1.30. The van der Waals surface area contributed by atoms with Gasteiger partial charge in [-0.2, -0.15) is 0 Å². The van der Waals surface area contributed by atoms with Gasteiger partial charge in [0.25, 0.3) is 5.56 Å². The van der Waals surface area contributed by atoms with Gasteiger partial charge >= 0.3 is 5.97 Å². The van der Waals surface area contributed by atoms with Crippen LogP contribution in [0.4, 0.5) is 0 Å². The Morgan fingerprint density at radius 3 is 2.50 bits per heavy atom. The first kappa shape index (κ1) is 16.8. The normalized spacial score (nSPS) is 12.9. The second-order valence-corrected chi connectivity index (χ2v) is 6.25. The van der Waals surface area contributed by atoms with Crippen molar-refractivity contribution in [1.29, 1.82) is 0 Å². The van der Waals surface area contributed by atoms with Gasteiger partial charge in [-0.05, 0) is 43.1 Å². The highest BCUT2D eigenvalue weighted by Crippen LogP contribution is 2.24. The highest BCUT2D eigenvalue weighted by atomic mass is 79.9. The number of hydrogen-bond acceptors (Lipinski definition) is 4. The van der Waals surface area contributed by atoms with Gasteiger partial charge in [0.05, 0.1) is 17.8 Å². The number of esters is 1. The molecule has 1 aromatic heterocycles. The van der Waals surface area contributed by atoms with E-state index in [1.165, 1.54) is 23.9 Å². The van der Waals surface area contributed by atoms with Crippen molar-refractivity contribution in [3.05, 3.63) is 27.1 Å². The molecular weight excluding hydrogens is 326 g/mol. The number of carbonyl (C=O) groups is 1. The molecule has 0 fully saturated rings. The van der Waals surface area contributed by atoms with Crippen LogP contribution in [-0.4, -0.2) is 23.2 Å². The first-order chi connectivity index (χ1) is 9.19. The Balaban J connectivity index is 3.19. The number of halogens is 1. The van der Waals surface area contributed by atoms with Crippen LogP contribution in [-0.2, 0) is 9.53 Å². The SMILES string of the molecule is CCC(C(=O)OC(C)(C)C)n1cc(OC)c(Br)cc1=O. The van der Waals surface area contributed by atoms with Crippen LogP contribution in [0.3, 0.4) is 0 Å². The fourth-order valence-corrected chi connectivity index (χ4v) is 2.21. The molecule has 0 aliphatic heterocycles. The van der Waals surface area contributed by atoms with E-state index < -0.39 is 17.6 Å². The van der Waals surface area contributed by atoms with Crippen LogP contribution in [0.5, 0.6) is 5.75 Å². The molecule has 1 rings (SSSR count). The van der Waals surface area contributed by atoms with Gasteiger partial charge < -0.3 is 9.47 Å². The van der Waals surface area contributed by atoms with E-state index in [-0.39, 0.29) is 5.56 Å². The number of ether oxygens (including phenoxy) is 2. The maximum atomic E-state index is 12.2. The number of hydrogen-bond donors (Lipinski definition) is 0. The fraction of sp³-hybridized carbons (Fsp3) is 0.571. The molecule has 0 radical (unpaired) electrons. The van der Waals surface area contributed by atoms with E-state index in [1.54, 1.807) is 20.8 Å². The highest BCUT2D eigenvalue weighted by molar-refractivity contribution is 9.10. The quantitative estimate of drug-likeness (QED) is 0.787. The Morgan fingerprint density at radius 2 is 2.05 bits per heavy atom. The zero-order chi connectivity index (χ0) is 15.5. The summed E-state index contributed by atoms with van der Waals surface area (Å²) in [5, 5.41) is 0. The first-order valence-electron chi connectivity index (χ1n) is 6.38. The lowest BCUT2D eigenvalue weighted by Crippen LogP contribution is -2.34. The number of rotatable bonds is 4. The van der Waals surface area contributed by atoms with Gasteiger partial charge in [0.2, 0.25) is 0 Å². The number of nitrogens with zero attached hydrogens (tertiary/aromatic N) is 1. The Morgan fingerprint density at radius 1 is 1.45 bits per heavy atom. The Bertz CT molecular complexity index is 545. The predicted octanol–water partition coefficient (Wildman–Crippen LogP) is 2.91. The van der Waals surface area contributed by atoms with Crippen LogP contribution in [0.2, 0.25) is 0 Å². The lowest BCUT2D eigenvalue weighted by Gasteiger charge is -2.24. The van der Waals surface area contributed by atoms with Gasteiger partial charge in [0.1, 0.15) is 17.4 Å². The van der Waals surface area contributed by atoms with Crippen molar-refractivity contribution in [2.24, 2.45) is 0 Å². The number of methoxy groups -OCH3 is 1. The van der Waals surface area contributed by atoms with E-state index in [0.29, 0.717) is 16.6 Å². The molecule has 0 aromatic carbocycles. The zero-order valence-electron chi connectivity index (χ0n) is 12.4. The average molecular weight is 346 g/mol. The molecule has 0 amide bonds. The van der Waals surface area contributed by atoms with Crippen LogP contribution in [0, 0.1) is 0 Å². The summed E-state index contributed by atoms with van der Waals surface area (Å²) in [6.45, 7) is 7.21. The van der Waals surface area contributed by atoms with E-state index in [0.717, 1.165) is 0 Å². The molecule has 1 heterocycles. The van der Waals surface area contributed by atoms with Crippen molar-refractivity contribution >= 4 is 21.9 Å². The van der Waals surface area contributed by atoms with Crippen LogP contribution in [0.1, 0.15) is 40.2 Å². The number of aromatic nitrogens is 1. The first-order valence-corrected chi connectivity index (χ1v) is 7.17. The van der Waals surface area contributed by atoms with Crippen LogP contribution >= 0.6 is 15.9 Å². The van der Waals surface area contributed by atoms with E-state index in [2.05, 4.69) is 15.9 Å². The minimum atomic E-state index is -0.663. The van der Waals surface area contributed by atoms with E-state index in [1.807, 2.05) is 6.92 Å². The summed E-state index contributed by atoms with van der Waals surface area (Å²) in [5.41, 5.74) is -0.872. The molecular formula is C14H20BrNO4. The third kappa shape index (κ3) is 4.10. The maximum Gasteiger partial charge on any atom is 0.329 e. The lowest BCUT2D eigenvalue weighted by atomic mass is 10.1. The molecule has 1 atom stereocenters. The van der Waals surface area contributed by atoms with E-state index >= 15 is 0 Å². The van der Waals surface area contributed by atoms with Gasteiger partial charge in [-0.3, -0.25) is 9.36 Å². The molecule has 1 unspecified atom stereocenters. The molecule has 0 saturated carbocycles. The van der Waals surface area contributed by atoms with Crippen molar-refractivity contribution in [2.75, 3.05) is 7.11 Å². The van der Waals surface area contributed by atoms with Crippen LogP contribution < -0.4 is 10.3 Å². The summed E-state index contributed by atoms with van der Waals surface area (Å²) in [6.07, 6.45) is 1.98. The smallest absolute Gasteiger partial charge is 0.329 e. The van der Waals surface area contributed by atoms with Crippen LogP contribution in [0.25, 0.3) is 0 Å². The summed E-state index contributed by atoms with van der Waals surface area (Å²) in [4.78, 5) is 24.2. The molecule has 112 valence electrons. The van der Waals surface area contributed by atoms with Gasteiger partial charge in [-0.1, -0.05) is 6.92 Å². The molecule has 0 N–H and O–H groups in total. The second kappa shape index (κ2) is 6.43. The molecule has 1 aromatic rings. The van der Waals surface area contributed by atoms with Crippen molar-refractivity contribution in [3.8, 4) is 5.75 Å². The maximum absolute atomic E-state index is 12.2. The summed E-state index contributed by atoms with van der Waals surface area (Å²) >= 11 is 3.24. The van der Waals surface area contributed by atoms with Gasteiger partial charge in [0.15, 0.2) is 0 Å². The minimum Gasteiger partial charge on any atom is -0.494 e. The van der Waals surface area contributed by atoms with Crippen LogP contribution in [0.15, 0.2) is 21.5 Å². The third-order valence-electron chi connectivity index (χ3n) is 2.62.